The van der Waals surface area contributed by atoms with Crippen LogP contribution in [0, 0.1) is 4.91 Å². The van der Waals surface area contributed by atoms with Gasteiger partial charge in [-0.3, -0.25) is 0 Å². The lowest BCUT2D eigenvalue weighted by molar-refractivity contribution is 1.53. The minimum Gasteiger partial charge on any atom is -0.145 e. The Morgan fingerprint density at radius 1 is 1.67 bits per heavy atom. The van der Waals surface area contributed by atoms with E-state index in [2.05, 4.69) is 11.8 Å². The fraction of sp³-hybridized carbons (Fsp3) is 0. The molecule has 9 heavy (non-hydrogen) atoms. The van der Waals surface area contributed by atoms with Crippen LogP contribution in [0.15, 0.2) is 41.2 Å². The highest BCUT2D eigenvalue weighted by Crippen LogP contribution is 2.01. The fourth-order valence-electron chi connectivity index (χ4n) is 0.270. The summed E-state index contributed by atoms with van der Waals surface area (Å²) in [6.45, 7) is 3.41. The molecule has 0 atom stereocenters. The first-order valence-electron chi connectivity index (χ1n) is 2.28. The number of nitrogens with zero attached hydrogens (tertiary/aromatic N) is 1. The monoisotopic (exact) mass is 143 g/mol. The van der Waals surface area contributed by atoms with E-state index in [0.717, 1.165) is 6.20 Å². The molecular weight excluding hydrogens is 138 g/mol. The van der Waals surface area contributed by atoms with Gasteiger partial charge in [0, 0.05) is 5.03 Å². The fourth-order valence-corrected chi connectivity index (χ4v) is 0.415. The minimum atomic E-state index is 0.435. The van der Waals surface area contributed by atoms with E-state index in [4.69, 9.17) is 11.6 Å². The minimum absolute atomic E-state index is 0.435. The molecular formula is C6H6ClNO. The Kier molecular flexibility index (Phi) is 4.73. The lowest BCUT2D eigenvalue weighted by atomic mass is 10.5. The smallest absolute Gasteiger partial charge is 0.0729 e. The molecule has 0 radical (unpaired) electrons. The summed E-state index contributed by atoms with van der Waals surface area (Å²) in [4.78, 5) is 9.47. The number of rotatable bonds is 3. The average molecular weight is 144 g/mol. The zero-order valence-corrected chi connectivity index (χ0v) is 5.51. The molecule has 0 heterocycles. The van der Waals surface area contributed by atoms with Crippen LogP contribution in [0.5, 0.6) is 0 Å². The van der Waals surface area contributed by atoms with E-state index in [0.29, 0.717) is 5.03 Å². The number of allylic oxidation sites excluding steroid dienone is 4. The van der Waals surface area contributed by atoms with Crippen LogP contribution in [0.1, 0.15) is 0 Å². The highest BCUT2D eigenvalue weighted by Gasteiger charge is 1.77. The number of halogens is 1. The molecule has 0 aliphatic rings. The zero-order valence-electron chi connectivity index (χ0n) is 4.75. The summed E-state index contributed by atoms with van der Waals surface area (Å²) < 4.78 is 0. The summed E-state index contributed by atoms with van der Waals surface area (Å²) in [5, 5.41) is 2.90. The molecule has 0 saturated carbocycles. The Morgan fingerprint density at radius 2 is 2.33 bits per heavy atom. The maximum Gasteiger partial charge on any atom is 0.0729 e. The van der Waals surface area contributed by atoms with Crippen molar-refractivity contribution >= 4 is 11.6 Å². The molecule has 0 aromatic rings. The van der Waals surface area contributed by atoms with Gasteiger partial charge in [0.2, 0.25) is 0 Å². The summed E-state index contributed by atoms with van der Waals surface area (Å²) >= 11 is 5.46. The van der Waals surface area contributed by atoms with Crippen LogP contribution in [-0.4, -0.2) is 0 Å². The summed E-state index contributed by atoms with van der Waals surface area (Å²) in [6, 6.07) is 0. The van der Waals surface area contributed by atoms with Gasteiger partial charge in [0.05, 0.1) is 6.20 Å². The molecule has 0 unspecified atom stereocenters. The molecule has 3 heteroatoms. The van der Waals surface area contributed by atoms with Gasteiger partial charge in [-0.15, -0.1) is 4.91 Å². The molecule has 2 nitrogen and oxygen atoms in total. The Bertz CT molecular complexity index is 160. The maximum atomic E-state index is 9.47. The van der Waals surface area contributed by atoms with Crippen molar-refractivity contribution in [3.05, 3.63) is 40.9 Å². The quantitative estimate of drug-likeness (QED) is 0.441. The van der Waals surface area contributed by atoms with Gasteiger partial charge < -0.3 is 0 Å². The average Bonchev–Trinajstić information content (AvgIpc) is 1.85. The van der Waals surface area contributed by atoms with Crippen molar-refractivity contribution in [2.45, 2.75) is 0 Å². The zero-order chi connectivity index (χ0) is 7.11. The summed E-state index contributed by atoms with van der Waals surface area (Å²) in [5.41, 5.74) is 0. The third-order valence-electron chi connectivity index (χ3n) is 0.572. The Hall–Kier alpha value is -0.890. The van der Waals surface area contributed by atoms with Crippen LogP contribution in [0.4, 0.5) is 0 Å². The normalized spacial score (nSPS) is 11.9. The second kappa shape index (κ2) is 5.25. The Labute approximate surface area is 58.5 Å². The topological polar surface area (TPSA) is 29.4 Å². The summed E-state index contributed by atoms with van der Waals surface area (Å²) in [6.07, 6.45) is 5.54. The lowest BCUT2D eigenvalue weighted by Gasteiger charge is -1.78. The van der Waals surface area contributed by atoms with E-state index in [1.54, 1.807) is 6.08 Å². The van der Waals surface area contributed by atoms with Gasteiger partial charge in [0.1, 0.15) is 0 Å². The van der Waals surface area contributed by atoms with E-state index in [1.165, 1.54) is 12.2 Å². The molecule has 0 bridgehead atoms. The highest BCUT2D eigenvalue weighted by atomic mass is 35.5. The van der Waals surface area contributed by atoms with Gasteiger partial charge in [-0.2, -0.15) is 0 Å². The van der Waals surface area contributed by atoms with Gasteiger partial charge in [0.15, 0.2) is 0 Å². The van der Waals surface area contributed by atoms with E-state index >= 15 is 0 Å². The first-order chi connectivity index (χ1) is 4.31. The van der Waals surface area contributed by atoms with Crippen molar-refractivity contribution in [2.75, 3.05) is 0 Å². The van der Waals surface area contributed by atoms with E-state index in [9.17, 15) is 4.91 Å². The molecule has 0 saturated heterocycles. The van der Waals surface area contributed by atoms with Crippen LogP contribution in [-0.2, 0) is 0 Å². The Balaban J connectivity index is 3.88. The first kappa shape index (κ1) is 8.11. The van der Waals surface area contributed by atoms with E-state index in [-0.39, 0.29) is 0 Å². The van der Waals surface area contributed by atoms with Crippen molar-refractivity contribution in [1.29, 1.82) is 0 Å². The summed E-state index contributed by atoms with van der Waals surface area (Å²) in [7, 11) is 0. The molecule has 0 spiro atoms. The number of hydrogen-bond acceptors (Lipinski definition) is 2. The third-order valence-corrected chi connectivity index (χ3v) is 0.824. The van der Waals surface area contributed by atoms with Crippen molar-refractivity contribution in [3.63, 3.8) is 0 Å². The SMILES string of the molecule is C=C/C=C(Cl)\C=C/N=O. The van der Waals surface area contributed by atoms with Crippen LogP contribution < -0.4 is 0 Å². The number of nitroso groups, excluding NO2 is 1. The molecule has 48 valence electrons. The summed E-state index contributed by atoms with van der Waals surface area (Å²) in [5.74, 6) is 0. The second-order valence-electron chi connectivity index (χ2n) is 1.21. The van der Waals surface area contributed by atoms with E-state index in [1.807, 2.05) is 0 Å². The Morgan fingerprint density at radius 3 is 2.78 bits per heavy atom. The van der Waals surface area contributed by atoms with Gasteiger partial charge >= 0.3 is 0 Å². The van der Waals surface area contributed by atoms with Crippen LogP contribution in [0.3, 0.4) is 0 Å². The van der Waals surface area contributed by atoms with Crippen molar-refractivity contribution < 1.29 is 0 Å². The molecule has 0 fully saturated rings. The van der Waals surface area contributed by atoms with Crippen LogP contribution in [0.25, 0.3) is 0 Å². The van der Waals surface area contributed by atoms with Crippen LogP contribution in [0.2, 0.25) is 0 Å². The molecule has 0 aliphatic heterocycles. The molecule has 0 amide bonds. The van der Waals surface area contributed by atoms with Gasteiger partial charge in [-0.05, 0) is 17.3 Å². The predicted octanol–water partition coefficient (Wildman–Crippen LogP) is 2.58. The van der Waals surface area contributed by atoms with Crippen molar-refractivity contribution in [2.24, 2.45) is 5.18 Å². The lowest BCUT2D eigenvalue weighted by Crippen LogP contribution is -1.57. The second-order valence-corrected chi connectivity index (χ2v) is 1.64. The predicted molar refractivity (Wildman–Crippen MR) is 39.1 cm³/mol. The van der Waals surface area contributed by atoms with Gasteiger partial charge in [0.25, 0.3) is 0 Å². The number of hydrogen-bond donors (Lipinski definition) is 0. The van der Waals surface area contributed by atoms with Gasteiger partial charge in [-0.25, -0.2) is 0 Å². The molecule has 0 aliphatic carbocycles. The van der Waals surface area contributed by atoms with E-state index < -0.39 is 0 Å². The standard InChI is InChI=1S/C6H6ClNO/c1-2-3-6(7)4-5-8-9/h2-5H,1H2/b5-4-,6-3+. The van der Waals surface area contributed by atoms with Crippen LogP contribution >= 0.6 is 11.6 Å². The third kappa shape index (κ3) is 4.97. The first-order valence-corrected chi connectivity index (χ1v) is 2.66. The highest BCUT2D eigenvalue weighted by molar-refractivity contribution is 6.31. The largest absolute Gasteiger partial charge is 0.145 e. The van der Waals surface area contributed by atoms with Gasteiger partial charge in [-0.1, -0.05) is 24.3 Å². The van der Waals surface area contributed by atoms with Crippen molar-refractivity contribution in [1.82, 2.24) is 0 Å². The molecule has 0 aromatic heterocycles. The molecule has 0 aromatic carbocycles. The molecule has 0 rings (SSSR count). The maximum absolute atomic E-state index is 9.47. The van der Waals surface area contributed by atoms with Crippen molar-refractivity contribution in [3.8, 4) is 0 Å². The molecule has 0 N–H and O–H groups in total.